The summed E-state index contributed by atoms with van der Waals surface area (Å²) in [4.78, 5) is 27.0. The molecule has 1 aliphatic heterocycles. The highest BCUT2D eigenvalue weighted by molar-refractivity contribution is 5.88. The first-order valence-electron chi connectivity index (χ1n) is 10.2. The lowest BCUT2D eigenvalue weighted by Gasteiger charge is -2.28. The van der Waals surface area contributed by atoms with E-state index in [9.17, 15) is 9.59 Å². The Morgan fingerprint density at radius 3 is 2.14 bits per heavy atom. The van der Waals surface area contributed by atoms with Gasteiger partial charge in [0.05, 0.1) is 6.04 Å². The molecule has 4 rings (SSSR count). The molecule has 0 unspecified atom stereocenters. The molecule has 4 heteroatoms. The number of benzene rings is 2. The molecule has 2 aromatic rings. The van der Waals surface area contributed by atoms with Crippen molar-refractivity contribution in [2.45, 2.75) is 57.7 Å². The maximum atomic E-state index is 13.2. The van der Waals surface area contributed by atoms with E-state index >= 15 is 0 Å². The molecule has 0 bridgehead atoms. The van der Waals surface area contributed by atoms with Crippen molar-refractivity contribution >= 4 is 11.8 Å². The van der Waals surface area contributed by atoms with Gasteiger partial charge in [0.15, 0.2) is 0 Å². The van der Waals surface area contributed by atoms with Crippen molar-refractivity contribution < 1.29 is 9.59 Å². The Kier molecular flexibility index (Phi) is 4.96. The van der Waals surface area contributed by atoms with Crippen LogP contribution in [0, 0.1) is 5.92 Å². The van der Waals surface area contributed by atoms with Crippen LogP contribution in [0.4, 0.5) is 0 Å². The van der Waals surface area contributed by atoms with Crippen LogP contribution in [0.25, 0.3) is 0 Å². The van der Waals surface area contributed by atoms with Gasteiger partial charge in [-0.25, -0.2) is 0 Å². The number of fused-ring (bicyclic) bond motifs is 1. The number of nitrogens with one attached hydrogen (secondary N) is 1. The van der Waals surface area contributed by atoms with E-state index in [1.807, 2.05) is 30.3 Å². The standard InChI is InChI=1S/C24H28N2O2/c1-15(2)17-9-11-19(12-10-17)23(18-7-5-4-6-8-18)25-24(28)22-14-20-13-21(20)26(22)16(3)27/h4-12,15,20-23H,13-14H2,1-3H3,(H,25,28)/t20-,21-,22+,23+/m1/s1. The Hall–Kier alpha value is -2.62. The topological polar surface area (TPSA) is 49.4 Å². The summed E-state index contributed by atoms with van der Waals surface area (Å²) >= 11 is 0. The number of nitrogens with zero attached hydrogens (tertiary/aromatic N) is 1. The summed E-state index contributed by atoms with van der Waals surface area (Å²) in [7, 11) is 0. The largest absolute Gasteiger partial charge is 0.343 e. The van der Waals surface area contributed by atoms with Gasteiger partial charge in [-0.15, -0.1) is 0 Å². The molecule has 4 atom stereocenters. The van der Waals surface area contributed by atoms with Crippen molar-refractivity contribution in [3.05, 3.63) is 71.3 Å². The second-order valence-corrected chi connectivity index (χ2v) is 8.41. The predicted octanol–water partition coefficient (Wildman–Crippen LogP) is 4.02. The maximum Gasteiger partial charge on any atom is 0.243 e. The van der Waals surface area contributed by atoms with Crippen molar-refractivity contribution in [3.8, 4) is 0 Å². The lowest BCUT2D eigenvalue weighted by molar-refractivity contribution is -0.138. The molecule has 146 valence electrons. The fourth-order valence-electron chi connectivity index (χ4n) is 4.46. The molecule has 1 aliphatic carbocycles. The van der Waals surface area contributed by atoms with Gasteiger partial charge in [0, 0.05) is 13.0 Å². The van der Waals surface area contributed by atoms with Crippen LogP contribution in [0.3, 0.4) is 0 Å². The molecule has 1 saturated heterocycles. The fourth-order valence-corrected chi connectivity index (χ4v) is 4.46. The Morgan fingerprint density at radius 1 is 0.929 bits per heavy atom. The molecular formula is C24H28N2O2. The van der Waals surface area contributed by atoms with Gasteiger partial charge in [0.25, 0.3) is 0 Å². The van der Waals surface area contributed by atoms with Crippen molar-refractivity contribution in [1.82, 2.24) is 10.2 Å². The number of rotatable bonds is 5. The zero-order chi connectivity index (χ0) is 19.8. The molecule has 0 aromatic heterocycles. The van der Waals surface area contributed by atoms with Gasteiger partial charge in [-0.3, -0.25) is 9.59 Å². The zero-order valence-electron chi connectivity index (χ0n) is 16.8. The lowest BCUT2D eigenvalue weighted by Crippen LogP contribution is -2.48. The minimum atomic E-state index is -0.345. The SMILES string of the molecule is CC(=O)N1[C@@H]2C[C@@H]2C[C@H]1C(=O)N[C@@H](c1ccccc1)c1ccc(C(C)C)cc1. The summed E-state index contributed by atoms with van der Waals surface area (Å²) in [5.41, 5.74) is 3.38. The quantitative estimate of drug-likeness (QED) is 0.857. The second-order valence-electron chi connectivity index (χ2n) is 8.41. The van der Waals surface area contributed by atoms with Crippen LogP contribution in [-0.4, -0.2) is 28.8 Å². The average Bonchev–Trinajstić information content (AvgIpc) is 3.35. The van der Waals surface area contributed by atoms with Crippen LogP contribution >= 0.6 is 0 Å². The van der Waals surface area contributed by atoms with Crippen LogP contribution in [0.15, 0.2) is 54.6 Å². The average molecular weight is 377 g/mol. The third-order valence-electron chi connectivity index (χ3n) is 6.13. The third-order valence-corrected chi connectivity index (χ3v) is 6.13. The van der Waals surface area contributed by atoms with E-state index in [-0.39, 0.29) is 29.9 Å². The van der Waals surface area contributed by atoms with Crippen molar-refractivity contribution in [2.75, 3.05) is 0 Å². The highest BCUT2D eigenvalue weighted by Crippen LogP contribution is 2.48. The van der Waals surface area contributed by atoms with Crippen LogP contribution in [0.1, 0.15) is 62.3 Å². The molecule has 1 heterocycles. The van der Waals surface area contributed by atoms with Crippen LogP contribution < -0.4 is 5.32 Å². The predicted molar refractivity (Wildman–Crippen MR) is 110 cm³/mol. The number of piperidine rings is 1. The van der Waals surface area contributed by atoms with E-state index in [1.165, 1.54) is 5.56 Å². The first kappa shape index (κ1) is 18.7. The Morgan fingerprint density at radius 2 is 1.54 bits per heavy atom. The zero-order valence-corrected chi connectivity index (χ0v) is 16.8. The Balaban J connectivity index is 1.59. The van der Waals surface area contributed by atoms with Crippen molar-refractivity contribution in [2.24, 2.45) is 5.92 Å². The van der Waals surface area contributed by atoms with Gasteiger partial charge in [-0.2, -0.15) is 0 Å². The third kappa shape index (κ3) is 3.56. The van der Waals surface area contributed by atoms with Gasteiger partial charge in [-0.1, -0.05) is 68.4 Å². The number of carbonyl (C=O) groups is 2. The van der Waals surface area contributed by atoms with Gasteiger partial charge in [-0.05, 0) is 41.4 Å². The molecule has 0 spiro atoms. The molecule has 4 nitrogen and oxygen atoms in total. The lowest BCUT2D eigenvalue weighted by atomic mass is 9.95. The van der Waals surface area contributed by atoms with Gasteiger partial charge in [0.2, 0.25) is 11.8 Å². The summed E-state index contributed by atoms with van der Waals surface area (Å²) in [5, 5.41) is 3.23. The molecule has 2 aliphatic rings. The highest BCUT2D eigenvalue weighted by Gasteiger charge is 2.55. The summed E-state index contributed by atoms with van der Waals surface area (Å²) in [5.74, 6) is 0.917. The number of amides is 2. The summed E-state index contributed by atoms with van der Waals surface area (Å²) in [6.07, 6.45) is 1.83. The number of hydrogen-bond acceptors (Lipinski definition) is 2. The minimum absolute atomic E-state index is 0.00250. The van der Waals surface area contributed by atoms with E-state index < -0.39 is 0 Å². The van der Waals surface area contributed by atoms with Gasteiger partial charge >= 0.3 is 0 Å². The van der Waals surface area contributed by atoms with E-state index in [4.69, 9.17) is 0 Å². The monoisotopic (exact) mass is 376 g/mol. The highest BCUT2D eigenvalue weighted by atomic mass is 16.2. The number of carbonyl (C=O) groups excluding carboxylic acids is 2. The molecule has 1 saturated carbocycles. The van der Waals surface area contributed by atoms with E-state index in [0.717, 1.165) is 24.0 Å². The first-order valence-corrected chi connectivity index (χ1v) is 10.2. The molecular weight excluding hydrogens is 348 g/mol. The Labute approximate surface area is 166 Å². The van der Waals surface area contributed by atoms with E-state index in [1.54, 1.807) is 11.8 Å². The van der Waals surface area contributed by atoms with Gasteiger partial charge < -0.3 is 10.2 Å². The van der Waals surface area contributed by atoms with Crippen LogP contribution in [0.2, 0.25) is 0 Å². The first-order chi connectivity index (χ1) is 13.5. The molecule has 0 radical (unpaired) electrons. The summed E-state index contributed by atoms with van der Waals surface area (Å²) in [6.45, 7) is 5.92. The maximum absolute atomic E-state index is 13.2. The fraction of sp³-hybridized carbons (Fsp3) is 0.417. The molecule has 2 amide bonds. The molecule has 28 heavy (non-hydrogen) atoms. The summed E-state index contributed by atoms with van der Waals surface area (Å²) < 4.78 is 0. The Bertz CT molecular complexity index is 860. The van der Waals surface area contributed by atoms with E-state index in [0.29, 0.717) is 11.8 Å². The van der Waals surface area contributed by atoms with Crippen LogP contribution in [0.5, 0.6) is 0 Å². The minimum Gasteiger partial charge on any atom is -0.343 e. The van der Waals surface area contributed by atoms with Crippen molar-refractivity contribution in [3.63, 3.8) is 0 Å². The second kappa shape index (κ2) is 7.42. The van der Waals surface area contributed by atoms with E-state index in [2.05, 4.69) is 43.4 Å². The molecule has 2 fully saturated rings. The van der Waals surface area contributed by atoms with Crippen LogP contribution in [-0.2, 0) is 9.59 Å². The number of likely N-dealkylation sites (tertiary alicyclic amines) is 1. The molecule has 1 N–H and O–H groups in total. The summed E-state index contributed by atoms with van der Waals surface area (Å²) in [6, 6.07) is 18.2. The van der Waals surface area contributed by atoms with Crippen molar-refractivity contribution in [1.29, 1.82) is 0 Å². The number of hydrogen-bond donors (Lipinski definition) is 1. The molecule has 2 aromatic carbocycles. The smallest absolute Gasteiger partial charge is 0.243 e. The van der Waals surface area contributed by atoms with Gasteiger partial charge in [0.1, 0.15) is 6.04 Å². The normalized spacial score (nSPS) is 24.0.